The van der Waals surface area contributed by atoms with Crippen LogP contribution in [0.3, 0.4) is 0 Å². The summed E-state index contributed by atoms with van der Waals surface area (Å²) in [5.74, 6) is 1.56. The molecular formula is C12H24O2. The average Bonchev–Trinajstić information content (AvgIpc) is 2.26. The van der Waals surface area contributed by atoms with E-state index in [9.17, 15) is 5.11 Å². The van der Waals surface area contributed by atoms with Crippen molar-refractivity contribution < 1.29 is 9.84 Å². The van der Waals surface area contributed by atoms with Crippen molar-refractivity contribution in [3.8, 4) is 0 Å². The highest BCUT2D eigenvalue weighted by molar-refractivity contribution is 4.92. The Morgan fingerprint density at radius 2 is 1.93 bits per heavy atom. The highest BCUT2D eigenvalue weighted by atomic mass is 16.5. The Morgan fingerprint density at radius 1 is 1.36 bits per heavy atom. The fourth-order valence-corrected chi connectivity index (χ4v) is 2.40. The Balaban J connectivity index is 2.54. The second-order valence-electron chi connectivity index (χ2n) is 5.63. The summed E-state index contributed by atoms with van der Waals surface area (Å²) in [6.07, 6.45) is 0.859. The van der Waals surface area contributed by atoms with Crippen molar-refractivity contribution in [1.82, 2.24) is 0 Å². The molecule has 1 rings (SSSR count). The van der Waals surface area contributed by atoms with E-state index in [-0.39, 0.29) is 11.7 Å². The third-order valence-corrected chi connectivity index (χ3v) is 3.34. The molecule has 2 nitrogen and oxygen atoms in total. The van der Waals surface area contributed by atoms with E-state index in [1.807, 2.05) is 13.8 Å². The second-order valence-corrected chi connectivity index (χ2v) is 5.63. The van der Waals surface area contributed by atoms with Crippen molar-refractivity contribution in [2.24, 2.45) is 17.8 Å². The summed E-state index contributed by atoms with van der Waals surface area (Å²) in [6.45, 7) is 11.3. The van der Waals surface area contributed by atoms with Gasteiger partial charge in [0, 0.05) is 5.92 Å². The number of ether oxygens (including phenoxy) is 1. The van der Waals surface area contributed by atoms with Crippen LogP contribution in [0.4, 0.5) is 0 Å². The molecule has 2 heteroatoms. The van der Waals surface area contributed by atoms with Gasteiger partial charge in [-0.2, -0.15) is 0 Å². The predicted molar refractivity (Wildman–Crippen MR) is 58.1 cm³/mol. The normalized spacial score (nSPS) is 33.6. The summed E-state index contributed by atoms with van der Waals surface area (Å²) in [4.78, 5) is 0. The monoisotopic (exact) mass is 200 g/mol. The minimum absolute atomic E-state index is 0.309. The molecule has 1 aliphatic rings. The minimum Gasteiger partial charge on any atom is -0.390 e. The summed E-state index contributed by atoms with van der Waals surface area (Å²) in [5.41, 5.74) is -0.351. The molecule has 0 radical (unpaired) electrons. The SMILES string of the molecule is CC(C)CC(C)C1COC(C)(C)C1O. The first-order chi connectivity index (χ1) is 6.34. The third kappa shape index (κ3) is 2.48. The first-order valence-electron chi connectivity index (χ1n) is 5.66. The molecule has 0 aliphatic carbocycles. The molecule has 0 amide bonds. The molecule has 3 atom stereocenters. The number of hydrogen-bond acceptors (Lipinski definition) is 2. The first-order valence-corrected chi connectivity index (χ1v) is 5.66. The zero-order valence-electron chi connectivity index (χ0n) is 10.1. The summed E-state index contributed by atoms with van der Waals surface area (Å²) < 4.78 is 5.62. The van der Waals surface area contributed by atoms with E-state index in [0.717, 1.165) is 0 Å². The summed E-state index contributed by atoms with van der Waals surface area (Å²) >= 11 is 0. The van der Waals surface area contributed by atoms with E-state index in [2.05, 4.69) is 20.8 Å². The van der Waals surface area contributed by atoms with Crippen LogP contribution in [0.2, 0.25) is 0 Å². The maximum absolute atomic E-state index is 10.1. The maximum Gasteiger partial charge on any atom is 0.0888 e. The Hall–Kier alpha value is -0.0800. The van der Waals surface area contributed by atoms with Crippen molar-refractivity contribution in [2.45, 2.75) is 52.7 Å². The lowest BCUT2D eigenvalue weighted by molar-refractivity contribution is -0.0329. The molecule has 3 unspecified atom stereocenters. The topological polar surface area (TPSA) is 29.5 Å². The molecule has 1 aliphatic heterocycles. The molecular weight excluding hydrogens is 176 g/mol. The van der Waals surface area contributed by atoms with Gasteiger partial charge in [0.1, 0.15) is 0 Å². The molecule has 1 heterocycles. The van der Waals surface area contributed by atoms with Crippen LogP contribution in [0.1, 0.15) is 41.0 Å². The van der Waals surface area contributed by atoms with Crippen LogP contribution in [0.25, 0.3) is 0 Å². The highest BCUT2D eigenvalue weighted by Crippen LogP contribution is 2.36. The zero-order valence-corrected chi connectivity index (χ0v) is 10.1. The van der Waals surface area contributed by atoms with Crippen molar-refractivity contribution in [3.63, 3.8) is 0 Å². The Morgan fingerprint density at radius 3 is 2.29 bits per heavy atom. The molecule has 0 bridgehead atoms. The van der Waals surface area contributed by atoms with Gasteiger partial charge in [-0.1, -0.05) is 20.8 Å². The molecule has 0 aromatic carbocycles. The van der Waals surface area contributed by atoms with Gasteiger partial charge in [-0.3, -0.25) is 0 Å². The number of aliphatic hydroxyl groups is 1. The third-order valence-electron chi connectivity index (χ3n) is 3.34. The molecule has 1 fully saturated rings. The van der Waals surface area contributed by atoms with E-state index in [1.54, 1.807) is 0 Å². The number of aliphatic hydroxyl groups excluding tert-OH is 1. The van der Waals surface area contributed by atoms with Crippen molar-refractivity contribution >= 4 is 0 Å². The fraction of sp³-hybridized carbons (Fsp3) is 1.00. The summed E-state index contributed by atoms with van der Waals surface area (Å²) in [7, 11) is 0. The van der Waals surface area contributed by atoms with Gasteiger partial charge in [-0.15, -0.1) is 0 Å². The van der Waals surface area contributed by atoms with E-state index < -0.39 is 0 Å². The second kappa shape index (κ2) is 4.19. The number of rotatable bonds is 3. The van der Waals surface area contributed by atoms with Gasteiger partial charge in [0.15, 0.2) is 0 Å². The quantitative estimate of drug-likeness (QED) is 0.758. The average molecular weight is 200 g/mol. The molecule has 0 spiro atoms. The van der Waals surface area contributed by atoms with Crippen LogP contribution in [0.5, 0.6) is 0 Å². The van der Waals surface area contributed by atoms with Crippen LogP contribution in [0.15, 0.2) is 0 Å². The van der Waals surface area contributed by atoms with Crippen LogP contribution >= 0.6 is 0 Å². The first kappa shape index (κ1) is 12.0. The fourth-order valence-electron chi connectivity index (χ4n) is 2.40. The van der Waals surface area contributed by atoms with E-state index >= 15 is 0 Å². The highest BCUT2D eigenvalue weighted by Gasteiger charge is 2.44. The van der Waals surface area contributed by atoms with E-state index in [0.29, 0.717) is 24.4 Å². The Labute approximate surface area is 87.7 Å². The van der Waals surface area contributed by atoms with Gasteiger partial charge < -0.3 is 9.84 Å². The molecule has 84 valence electrons. The smallest absolute Gasteiger partial charge is 0.0888 e. The van der Waals surface area contributed by atoms with Gasteiger partial charge in [0.2, 0.25) is 0 Å². The van der Waals surface area contributed by atoms with E-state index in [1.165, 1.54) is 6.42 Å². The van der Waals surface area contributed by atoms with Gasteiger partial charge in [-0.05, 0) is 32.1 Å². The molecule has 1 saturated heterocycles. The Bertz CT molecular complexity index is 187. The predicted octanol–water partition coefficient (Wildman–Crippen LogP) is 2.45. The molecule has 0 aromatic heterocycles. The molecule has 0 saturated carbocycles. The maximum atomic E-state index is 10.1. The van der Waals surface area contributed by atoms with Gasteiger partial charge >= 0.3 is 0 Å². The van der Waals surface area contributed by atoms with E-state index in [4.69, 9.17) is 4.74 Å². The molecule has 0 aromatic rings. The molecule has 1 N–H and O–H groups in total. The van der Waals surface area contributed by atoms with Crippen molar-refractivity contribution in [1.29, 1.82) is 0 Å². The van der Waals surface area contributed by atoms with Crippen LogP contribution in [-0.2, 0) is 4.74 Å². The van der Waals surface area contributed by atoms with Gasteiger partial charge in [0.25, 0.3) is 0 Å². The lowest BCUT2D eigenvalue weighted by Gasteiger charge is -2.27. The lowest BCUT2D eigenvalue weighted by Crippen LogP contribution is -2.37. The minimum atomic E-state index is -0.351. The zero-order chi connectivity index (χ0) is 10.9. The summed E-state index contributed by atoms with van der Waals surface area (Å²) in [6, 6.07) is 0. The summed E-state index contributed by atoms with van der Waals surface area (Å²) in [5, 5.41) is 10.1. The van der Waals surface area contributed by atoms with Crippen molar-refractivity contribution in [3.05, 3.63) is 0 Å². The van der Waals surface area contributed by atoms with Gasteiger partial charge in [-0.25, -0.2) is 0 Å². The largest absolute Gasteiger partial charge is 0.390 e. The molecule has 14 heavy (non-hydrogen) atoms. The van der Waals surface area contributed by atoms with Crippen LogP contribution in [-0.4, -0.2) is 23.4 Å². The van der Waals surface area contributed by atoms with Gasteiger partial charge in [0.05, 0.1) is 18.3 Å². The van der Waals surface area contributed by atoms with Crippen LogP contribution < -0.4 is 0 Å². The Kier molecular flexibility index (Phi) is 3.59. The van der Waals surface area contributed by atoms with Crippen molar-refractivity contribution in [2.75, 3.05) is 6.61 Å². The standard InChI is InChI=1S/C12H24O2/c1-8(2)6-9(3)10-7-14-12(4,5)11(10)13/h8-11,13H,6-7H2,1-5H3. The number of hydrogen-bond donors (Lipinski definition) is 1. The van der Waals surface area contributed by atoms with Crippen LogP contribution in [0, 0.1) is 17.8 Å². The lowest BCUT2D eigenvalue weighted by atomic mass is 9.81.